The third-order valence-corrected chi connectivity index (χ3v) is 4.30. The largest absolute Gasteiger partial charge is 0.396 e. The molecule has 1 aromatic carbocycles. The van der Waals surface area contributed by atoms with Crippen molar-refractivity contribution in [3.8, 4) is 0 Å². The van der Waals surface area contributed by atoms with E-state index in [-0.39, 0.29) is 30.4 Å². The van der Waals surface area contributed by atoms with Gasteiger partial charge in [0.1, 0.15) is 0 Å². The Bertz CT molecular complexity index is 752. The second kappa shape index (κ2) is 6.50. The summed E-state index contributed by atoms with van der Waals surface area (Å²) in [4.78, 5) is 17.4. The van der Waals surface area contributed by atoms with Crippen LogP contribution in [0.25, 0.3) is 10.9 Å². The van der Waals surface area contributed by atoms with Crippen molar-refractivity contribution in [3.05, 3.63) is 53.7 Å². The Morgan fingerprint density at radius 2 is 2.13 bits per heavy atom. The number of fused-ring (bicyclic) bond motifs is 1. The Balaban J connectivity index is 1.92. The average Bonchev–Trinajstić information content (AvgIpc) is 3.01. The topological polar surface area (TPSA) is 62.2 Å². The Morgan fingerprint density at radius 1 is 1.35 bits per heavy atom. The molecule has 0 bridgehead atoms. The highest BCUT2D eigenvalue weighted by Gasteiger charge is 2.22. The van der Waals surface area contributed by atoms with E-state index in [2.05, 4.69) is 24.1 Å². The predicted octanol–water partition coefficient (Wildman–Crippen LogP) is 3.03. The normalized spacial score (nSPS) is 20.3. The van der Waals surface area contributed by atoms with Gasteiger partial charge in [0.2, 0.25) is 0 Å². The van der Waals surface area contributed by atoms with E-state index in [1.165, 1.54) is 0 Å². The minimum atomic E-state index is -0.0845. The minimum Gasteiger partial charge on any atom is -0.396 e. The first kappa shape index (κ1) is 15.7. The number of rotatable bonds is 4. The smallest absolute Gasteiger partial charge is 0.252 e. The zero-order valence-electron chi connectivity index (χ0n) is 13.5. The molecule has 1 aliphatic carbocycles. The second-order valence-corrected chi connectivity index (χ2v) is 6.41. The van der Waals surface area contributed by atoms with Crippen molar-refractivity contribution in [2.45, 2.75) is 32.2 Å². The van der Waals surface area contributed by atoms with E-state index >= 15 is 0 Å². The van der Waals surface area contributed by atoms with E-state index in [1.807, 2.05) is 42.5 Å². The van der Waals surface area contributed by atoms with Crippen LogP contribution in [-0.4, -0.2) is 28.6 Å². The maximum absolute atomic E-state index is 12.7. The van der Waals surface area contributed by atoms with Crippen LogP contribution in [0.3, 0.4) is 0 Å². The van der Waals surface area contributed by atoms with Crippen LogP contribution in [0.2, 0.25) is 0 Å². The van der Waals surface area contributed by atoms with E-state index in [0.29, 0.717) is 5.56 Å². The fourth-order valence-electron chi connectivity index (χ4n) is 2.94. The molecule has 4 nitrogen and oxygen atoms in total. The highest BCUT2D eigenvalue weighted by molar-refractivity contribution is 6.06. The van der Waals surface area contributed by atoms with Gasteiger partial charge in [-0.2, -0.15) is 0 Å². The molecule has 0 unspecified atom stereocenters. The van der Waals surface area contributed by atoms with Gasteiger partial charge in [0.05, 0.1) is 11.1 Å². The van der Waals surface area contributed by atoms with Crippen molar-refractivity contribution in [1.29, 1.82) is 0 Å². The fourth-order valence-corrected chi connectivity index (χ4v) is 2.94. The number of pyridine rings is 1. The van der Waals surface area contributed by atoms with E-state index in [9.17, 15) is 9.90 Å². The van der Waals surface area contributed by atoms with E-state index in [1.54, 1.807) is 0 Å². The molecule has 120 valence electrons. The highest BCUT2D eigenvalue weighted by atomic mass is 16.3. The van der Waals surface area contributed by atoms with Crippen LogP contribution in [0, 0.1) is 5.92 Å². The monoisotopic (exact) mass is 310 g/mol. The summed E-state index contributed by atoms with van der Waals surface area (Å²) in [5.74, 6) is 0.316. The van der Waals surface area contributed by atoms with Crippen LogP contribution in [0.5, 0.6) is 0 Å². The molecule has 3 rings (SSSR count). The van der Waals surface area contributed by atoms with Gasteiger partial charge in [0.15, 0.2) is 0 Å². The van der Waals surface area contributed by atoms with Gasteiger partial charge in [-0.3, -0.25) is 9.78 Å². The molecule has 1 aliphatic rings. The molecule has 23 heavy (non-hydrogen) atoms. The molecule has 1 heterocycles. The Labute approximate surface area is 136 Å². The number of benzene rings is 1. The standard InChI is InChI=1S/C19H22N2O2/c1-12(2)18-10-16(15-5-3-4-6-17(15)21-18)19(23)20-14-8-7-13(9-14)11-22/h3-8,10,12-14,22H,9,11H2,1-2H3,(H,20,23)/t13-,14+/m0/s1. The molecule has 2 aromatic rings. The SMILES string of the molecule is CC(C)c1cc(C(=O)N[C@@H]2C=C[C@H](CO)C2)c2ccccc2n1. The minimum absolute atomic E-state index is 0.0194. The number of aliphatic hydroxyl groups excluding tert-OH is 1. The number of nitrogens with one attached hydrogen (secondary N) is 1. The molecule has 0 saturated carbocycles. The lowest BCUT2D eigenvalue weighted by Gasteiger charge is -2.15. The molecule has 1 aromatic heterocycles. The first-order valence-corrected chi connectivity index (χ1v) is 8.08. The van der Waals surface area contributed by atoms with Gasteiger partial charge in [0.25, 0.3) is 5.91 Å². The molecule has 0 aliphatic heterocycles. The molecule has 0 spiro atoms. The Hall–Kier alpha value is -2.20. The average molecular weight is 310 g/mol. The number of carbonyl (C=O) groups is 1. The van der Waals surface area contributed by atoms with Gasteiger partial charge in [-0.25, -0.2) is 0 Å². The van der Waals surface area contributed by atoms with Crippen LogP contribution in [0.1, 0.15) is 42.2 Å². The number of hydrogen-bond acceptors (Lipinski definition) is 3. The summed E-state index contributed by atoms with van der Waals surface area (Å²) >= 11 is 0. The summed E-state index contributed by atoms with van der Waals surface area (Å²) < 4.78 is 0. The van der Waals surface area contributed by atoms with E-state index in [0.717, 1.165) is 23.0 Å². The molecule has 0 radical (unpaired) electrons. The highest BCUT2D eigenvalue weighted by Crippen LogP contribution is 2.23. The van der Waals surface area contributed by atoms with Crippen molar-refractivity contribution >= 4 is 16.8 Å². The van der Waals surface area contributed by atoms with Crippen molar-refractivity contribution in [2.24, 2.45) is 5.92 Å². The summed E-state index contributed by atoms with van der Waals surface area (Å²) in [5, 5.41) is 13.1. The van der Waals surface area contributed by atoms with Gasteiger partial charge in [0, 0.05) is 29.6 Å². The molecule has 2 N–H and O–H groups in total. The van der Waals surface area contributed by atoms with Crippen LogP contribution < -0.4 is 5.32 Å². The molecule has 1 amide bonds. The summed E-state index contributed by atoms with van der Waals surface area (Å²) in [7, 11) is 0. The fraction of sp³-hybridized carbons (Fsp3) is 0.368. The van der Waals surface area contributed by atoms with Gasteiger partial charge in [-0.05, 0) is 24.5 Å². The van der Waals surface area contributed by atoms with Gasteiger partial charge in [-0.1, -0.05) is 44.2 Å². The van der Waals surface area contributed by atoms with Crippen molar-refractivity contribution in [2.75, 3.05) is 6.61 Å². The molecule has 2 atom stereocenters. The number of amides is 1. The van der Waals surface area contributed by atoms with Crippen molar-refractivity contribution in [3.63, 3.8) is 0 Å². The lowest BCUT2D eigenvalue weighted by atomic mass is 10.0. The van der Waals surface area contributed by atoms with Crippen LogP contribution >= 0.6 is 0 Å². The first-order valence-electron chi connectivity index (χ1n) is 8.08. The number of para-hydroxylation sites is 1. The number of aliphatic hydroxyl groups is 1. The zero-order valence-corrected chi connectivity index (χ0v) is 13.5. The molecular weight excluding hydrogens is 288 g/mol. The summed E-state index contributed by atoms with van der Waals surface area (Å²) in [6, 6.07) is 9.61. The van der Waals surface area contributed by atoms with Crippen LogP contribution in [0.15, 0.2) is 42.5 Å². The van der Waals surface area contributed by atoms with E-state index < -0.39 is 0 Å². The lowest BCUT2D eigenvalue weighted by Crippen LogP contribution is -2.33. The molecule has 4 heteroatoms. The molecular formula is C19H22N2O2. The molecule has 0 fully saturated rings. The lowest BCUT2D eigenvalue weighted by molar-refractivity contribution is 0.0942. The maximum atomic E-state index is 12.7. The number of hydrogen-bond donors (Lipinski definition) is 2. The number of carbonyl (C=O) groups excluding carboxylic acids is 1. The summed E-state index contributed by atoms with van der Waals surface area (Å²) in [6.45, 7) is 4.27. The van der Waals surface area contributed by atoms with Crippen LogP contribution in [-0.2, 0) is 0 Å². The first-order chi connectivity index (χ1) is 11.1. The van der Waals surface area contributed by atoms with E-state index in [4.69, 9.17) is 0 Å². The quantitative estimate of drug-likeness (QED) is 0.853. The van der Waals surface area contributed by atoms with Gasteiger partial charge in [-0.15, -0.1) is 0 Å². The number of aromatic nitrogens is 1. The third kappa shape index (κ3) is 3.27. The van der Waals surface area contributed by atoms with Gasteiger partial charge < -0.3 is 10.4 Å². The Morgan fingerprint density at radius 3 is 2.83 bits per heavy atom. The van der Waals surface area contributed by atoms with Crippen LogP contribution in [0.4, 0.5) is 0 Å². The zero-order chi connectivity index (χ0) is 16.4. The maximum Gasteiger partial charge on any atom is 0.252 e. The third-order valence-electron chi connectivity index (χ3n) is 4.30. The van der Waals surface area contributed by atoms with Crippen molar-refractivity contribution < 1.29 is 9.90 Å². The number of nitrogens with zero attached hydrogens (tertiary/aromatic N) is 1. The second-order valence-electron chi connectivity index (χ2n) is 6.41. The van der Waals surface area contributed by atoms with Crippen molar-refractivity contribution in [1.82, 2.24) is 10.3 Å². The summed E-state index contributed by atoms with van der Waals surface area (Å²) in [6.07, 6.45) is 4.68. The predicted molar refractivity (Wildman–Crippen MR) is 91.4 cm³/mol. The molecule has 0 saturated heterocycles. The van der Waals surface area contributed by atoms with Gasteiger partial charge >= 0.3 is 0 Å². The summed E-state index contributed by atoms with van der Waals surface area (Å²) in [5.41, 5.74) is 2.43. The Kier molecular flexibility index (Phi) is 4.44.